The second-order valence-corrected chi connectivity index (χ2v) is 6.96. The van der Waals surface area contributed by atoms with E-state index in [0.717, 1.165) is 0 Å². The minimum Gasteiger partial charge on any atom is -0.235 e. The van der Waals surface area contributed by atoms with Crippen molar-refractivity contribution in [3.05, 3.63) is 101 Å². The molecule has 0 heterocycles. The monoisotopic (exact) mass is 328 g/mol. The standard InChI is InChI=1S/C24H26N/c1-18(2)19-10-12-21(13-11-19)24(20-8-6-5-7-9-20)22-14-16-23(17-15-22)25(3)4/h5-18H,1-4H3/q+1. The first-order chi connectivity index (χ1) is 12.1. The third-order valence-electron chi connectivity index (χ3n) is 4.60. The van der Waals surface area contributed by atoms with Gasteiger partial charge in [0, 0.05) is 12.2 Å². The summed E-state index contributed by atoms with van der Waals surface area (Å²) < 4.78 is 2.13. The van der Waals surface area contributed by atoms with E-state index in [9.17, 15) is 0 Å². The Morgan fingerprint density at radius 1 is 0.720 bits per heavy atom. The first kappa shape index (κ1) is 17.2. The van der Waals surface area contributed by atoms with Crippen LogP contribution in [0.1, 0.15) is 36.5 Å². The van der Waals surface area contributed by atoms with Crippen molar-refractivity contribution in [2.24, 2.45) is 0 Å². The highest BCUT2D eigenvalue weighted by Crippen LogP contribution is 2.30. The van der Waals surface area contributed by atoms with Crippen LogP contribution in [0.3, 0.4) is 0 Å². The molecule has 25 heavy (non-hydrogen) atoms. The topological polar surface area (TPSA) is 3.01 Å². The van der Waals surface area contributed by atoms with Crippen molar-refractivity contribution in [3.63, 3.8) is 0 Å². The van der Waals surface area contributed by atoms with Crippen molar-refractivity contribution >= 4 is 11.3 Å². The molecule has 0 aromatic heterocycles. The minimum absolute atomic E-state index is 0.550. The molecule has 0 aliphatic heterocycles. The van der Waals surface area contributed by atoms with Crippen LogP contribution in [0.5, 0.6) is 0 Å². The Morgan fingerprint density at radius 2 is 1.28 bits per heavy atom. The zero-order valence-electron chi connectivity index (χ0n) is 15.5. The summed E-state index contributed by atoms with van der Waals surface area (Å²) in [5.74, 6) is 0.550. The summed E-state index contributed by atoms with van der Waals surface area (Å²) in [6.07, 6.45) is 8.80. The molecule has 126 valence electrons. The largest absolute Gasteiger partial charge is 0.235 e. The maximum atomic E-state index is 2.25. The van der Waals surface area contributed by atoms with Crippen LogP contribution in [-0.4, -0.2) is 24.4 Å². The van der Waals surface area contributed by atoms with Gasteiger partial charge in [-0.25, -0.2) is 4.58 Å². The molecule has 3 rings (SSSR count). The van der Waals surface area contributed by atoms with E-state index in [4.69, 9.17) is 0 Å². The maximum Gasteiger partial charge on any atom is 0.199 e. The highest BCUT2D eigenvalue weighted by Gasteiger charge is 2.13. The van der Waals surface area contributed by atoms with Crippen molar-refractivity contribution in [1.82, 2.24) is 0 Å². The molecule has 1 aliphatic carbocycles. The van der Waals surface area contributed by atoms with Crippen molar-refractivity contribution in [1.29, 1.82) is 0 Å². The van der Waals surface area contributed by atoms with E-state index < -0.39 is 0 Å². The van der Waals surface area contributed by atoms with Gasteiger partial charge in [0.05, 0.1) is 0 Å². The number of benzene rings is 2. The Balaban J connectivity index is 2.12. The van der Waals surface area contributed by atoms with Gasteiger partial charge >= 0.3 is 0 Å². The molecule has 2 aromatic rings. The van der Waals surface area contributed by atoms with Crippen LogP contribution in [0.25, 0.3) is 5.57 Å². The maximum absolute atomic E-state index is 2.25. The molecule has 0 fully saturated rings. The van der Waals surface area contributed by atoms with E-state index in [1.165, 1.54) is 33.5 Å². The lowest BCUT2D eigenvalue weighted by Crippen LogP contribution is -2.10. The molecule has 0 amide bonds. The second kappa shape index (κ2) is 7.48. The predicted octanol–water partition coefficient (Wildman–Crippen LogP) is 5.45. The Bertz CT molecular complexity index is 838. The van der Waals surface area contributed by atoms with Gasteiger partial charge in [0.2, 0.25) is 0 Å². The van der Waals surface area contributed by atoms with Gasteiger partial charge in [-0.15, -0.1) is 0 Å². The van der Waals surface area contributed by atoms with Crippen molar-refractivity contribution in [3.8, 4) is 0 Å². The number of allylic oxidation sites excluding steroid dienone is 5. The summed E-state index contributed by atoms with van der Waals surface area (Å²) >= 11 is 0. The van der Waals surface area contributed by atoms with Gasteiger partial charge in [0.1, 0.15) is 14.1 Å². The molecule has 0 radical (unpaired) electrons. The van der Waals surface area contributed by atoms with Gasteiger partial charge in [0.15, 0.2) is 5.71 Å². The summed E-state index contributed by atoms with van der Waals surface area (Å²) in [5, 5.41) is 0. The lowest BCUT2D eigenvalue weighted by Gasteiger charge is -2.15. The van der Waals surface area contributed by atoms with Crippen LogP contribution in [-0.2, 0) is 0 Å². The molecular weight excluding hydrogens is 302 g/mol. The summed E-state index contributed by atoms with van der Waals surface area (Å²) in [4.78, 5) is 0. The Morgan fingerprint density at radius 3 is 1.80 bits per heavy atom. The molecular formula is C24H26N+. The summed E-state index contributed by atoms with van der Waals surface area (Å²) in [5.41, 5.74) is 7.62. The van der Waals surface area contributed by atoms with Crippen LogP contribution < -0.4 is 0 Å². The third kappa shape index (κ3) is 3.88. The third-order valence-corrected chi connectivity index (χ3v) is 4.60. The van der Waals surface area contributed by atoms with E-state index >= 15 is 0 Å². The van der Waals surface area contributed by atoms with Gasteiger partial charge in [-0.05, 0) is 45.9 Å². The average molecular weight is 328 g/mol. The normalized spacial score (nSPS) is 13.5. The van der Waals surface area contributed by atoms with Gasteiger partial charge in [-0.3, -0.25) is 0 Å². The molecule has 0 atom stereocenters. The molecule has 0 unspecified atom stereocenters. The van der Waals surface area contributed by atoms with Crippen molar-refractivity contribution in [2.45, 2.75) is 19.8 Å². The summed E-state index contributed by atoms with van der Waals surface area (Å²) in [7, 11) is 4.14. The van der Waals surface area contributed by atoms with Gasteiger partial charge in [-0.2, -0.15) is 0 Å². The van der Waals surface area contributed by atoms with Gasteiger partial charge in [0.25, 0.3) is 0 Å². The first-order valence-corrected chi connectivity index (χ1v) is 8.86. The van der Waals surface area contributed by atoms with Crippen molar-refractivity contribution in [2.75, 3.05) is 14.1 Å². The molecule has 1 heteroatoms. The first-order valence-electron chi connectivity index (χ1n) is 8.86. The van der Waals surface area contributed by atoms with E-state index in [-0.39, 0.29) is 0 Å². The molecule has 0 bridgehead atoms. The molecule has 0 saturated carbocycles. The van der Waals surface area contributed by atoms with Crippen LogP contribution in [0, 0.1) is 0 Å². The van der Waals surface area contributed by atoms with E-state index in [1.54, 1.807) is 0 Å². The molecule has 2 aromatic carbocycles. The fourth-order valence-corrected chi connectivity index (χ4v) is 3.07. The Kier molecular flexibility index (Phi) is 5.14. The SMILES string of the molecule is CC(C)c1ccc(C(=C2C=CC(=[N+](C)C)C=C2)c2ccccc2)cc1. The zero-order valence-corrected chi connectivity index (χ0v) is 15.5. The number of rotatable bonds is 3. The predicted molar refractivity (Wildman–Crippen MR) is 108 cm³/mol. The Hall–Kier alpha value is -2.67. The van der Waals surface area contributed by atoms with Crippen LogP contribution in [0.4, 0.5) is 0 Å². The smallest absolute Gasteiger partial charge is 0.199 e. The van der Waals surface area contributed by atoms with E-state index in [1.807, 2.05) is 0 Å². The van der Waals surface area contributed by atoms with Gasteiger partial charge < -0.3 is 0 Å². The molecule has 1 aliphatic rings. The van der Waals surface area contributed by atoms with Crippen molar-refractivity contribution < 1.29 is 4.58 Å². The highest BCUT2D eigenvalue weighted by atomic mass is 14.9. The lowest BCUT2D eigenvalue weighted by molar-refractivity contribution is -0.462. The highest BCUT2D eigenvalue weighted by molar-refractivity contribution is 6.03. The number of hydrogen-bond donors (Lipinski definition) is 0. The number of nitrogens with zero attached hydrogens (tertiary/aromatic N) is 1. The molecule has 0 saturated heterocycles. The zero-order chi connectivity index (χ0) is 17.8. The summed E-state index contributed by atoms with van der Waals surface area (Å²) in [6, 6.07) is 19.6. The fourth-order valence-electron chi connectivity index (χ4n) is 3.07. The summed E-state index contributed by atoms with van der Waals surface area (Å²) in [6.45, 7) is 4.47. The van der Waals surface area contributed by atoms with E-state index in [0.29, 0.717) is 5.92 Å². The van der Waals surface area contributed by atoms with Crippen LogP contribution >= 0.6 is 0 Å². The van der Waals surface area contributed by atoms with Gasteiger partial charge in [-0.1, -0.05) is 68.4 Å². The van der Waals surface area contributed by atoms with E-state index in [2.05, 4.69) is 111 Å². The second-order valence-electron chi connectivity index (χ2n) is 6.96. The minimum atomic E-state index is 0.550. The quantitative estimate of drug-likeness (QED) is 0.659. The number of hydrogen-bond acceptors (Lipinski definition) is 0. The van der Waals surface area contributed by atoms with Crippen LogP contribution in [0.2, 0.25) is 0 Å². The Labute approximate surface area is 151 Å². The lowest BCUT2D eigenvalue weighted by atomic mass is 9.89. The average Bonchev–Trinajstić information content (AvgIpc) is 2.64. The molecule has 0 N–H and O–H groups in total. The fraction of sp³-hybridized carbons (Fsp3) is 0.208. The molecule has 0 spiro atoms. The van der Waals surface area contributed by atoms with Crippen LogP contribution in [0.15, 0.2) is 84.5 Å². The molecule has 1 nitrogen and oxygen atoms in total.